The molecule has 1 aromatic heterocycles. The van der Waals surface area contributed by atoms with E-state index in [1.807, 2.05) is 0 Å². The van der Waals surface area contributed by atoms with Gasteiger partial charge in [0.05, 0.1) is 4.92 Å². The lowest BCUT2D eigenvalue weighted by Crippen LogP contribution is -2.33. The first-order chi connectivity index (χ1) is 9.56. The van der Waals surface area contributed by atoms with Crippen molar-refractivity contribution in [2.24, 2.45) is 0 Å². The lowest BCUT2D eigenvalue weighted by atomic mass is 10.3. The summed E-state index contributed by atoms with van der Waals surface area (Å²) in [5.74, 6) is -1.85. The Labute approximate surface area is 111 Å². The molecule has 0 unspecified atom stereocenters. The molecule has 0 spiro atoms. The van der Waals surface area contributed by atoms with Crippen LogP contribution in [0.2, 0.25) is 0 Å². The number of hydrogen-bond acceptors (Lipinski definition) is 6. The van der Waals surface area contributed by atoms with Crippen molar-refractivity contribution in [2.75, 3.05) is 10.7 Å². The summed E-state index contributed by atoms with van der Waals surface area (Å²) in [6.45, 7) is 0. The number of nitrogens with zero attached hydrogens (tertiary/aromatic N) is 4. The van der Waals surface area contributed by atoms with Crippen molar-refractivity contribution in [2.45, 2.75) is 0 Å². The average molecular weight is 276 g/mol. The Balaban J connectivity index is 1.97. The van der Waals surface area contributed by atoms with Crippen molar-refractivity contribution in [3.63, 3.8) is 0 Å². The lowest BCUT2D eigenvalue weighted by molar-refractivity contribution is -0.384. The normalized spacial score (nSPS) is 9.80. The van der Waals surface area contributed by atoms with Crippen LogP contribution in [0.1, 0.15) is 0 Å². The second kappa shape index (κ2) is 5.56. The molecule has 0 saturated carbocycles. The molecule has 2 rings (SSSR count). The molecule has 1 aromatic carbocycles. The number of rotatable bonds is 3. The van der Waals surface area contributed by atoms with Crippen LogP contribution < -0.4 is 10.7 Å². The van der Waals surface area contributed by atoms with Gasteiger partial charge in [-0.05, 0) is 12.1 Å². The van der Waals surface area contributed by atoms with Gasteiger partial charge in [-0.25, -0.2) is 4.68 Å². The molecule has 1 heterocycles. The molecule has 0 radical (unpaired) electrons. The van der Waals surface area contributed by atoms with E-state index in [4.69, 9.17) is 0 Å². The molecule has 2 amide bonds. The predicted molar refractivity (Wildman–Crippen MR) is 66.1 cm³/mol. The van der Waals surface area contributed by atoms with Gasteiger partial charge in [0, 0.05) is 17.8 Å². The predicted octanol–water partition coefficient (Wildman–Crippen LogP) is -0.105. The number of carbonyl (C=O) groups excluding carboxylic acids is 2. The molecule has 10 nitrogen and oxygen atoms in total. The van der Waals surface area contributed by atoms with Crippen molar-refractivity contribution in [3.8, 4) is 0 Å². The van der Waals surface area contributed by atoms with Gasteiger partial charge in [0.15, 0.2) is 0 Å². The maximum absolute atomic E-state index is 11.5. The highest BCUT2D eigenvalue weighted by molar-refractivity contribution is 6.42. The Kier molecular flexibility index (Phi) is 3.65. The number of carbonyl (C=O) groups is 2. The van der Waals surface area contributed by atoms with Crippen molar-refractivity contribution in [3.05, 3.63) is 47.0 Å². The minimum absolute atomic E-state index is 0.114. The summed E-state index contributed by atoms with van der Waals surface area (Å²) < 4.78 is 1.11. The number of aromatic nitrogens is 3. The summed E-state index contributed by atoms with van der Waals surface area (Å²) in [6.07, 6.45) is 2.41. The zero-order chi connectivity index (χ0) is 14.5. The Morgan fingerprint density at radius 2 is 1.70 bits per heavy atom. The number of non-ortho nitro benzene ring substituents is 1. The highest BCUT2D eigenvalue weighted by Crippen LogP contribution is 2.15. The van der Waals surface area contributed by atoms with Crippen LogP contribution >= 0.6 is 0 Å². The number of amides is 2. The number of hydrogen-bond donors (Lipinski definition) is 2. The van der Waals surface area contributed by atoms with E-state index in [0.717, 1.165) is 4.68 Å². The Bertz CT molecular complexity index is 636. The maximum atomic E-state index is 11.5. The molecule has 2 N–H and O–H groups in total. The van der Waals surface area contributed by atoms with Gasteiger partial charge in [-0.2, -0.15) is 0 Å². The van der Waals surface area contributed by atoms with Crippen molar-refractivity contribution in [1.29, 1.82) is 0 Å². The summed E-state index contributed by atoms with van der Waals surface area (Å²) in [7, 11) is 0. The molecular formula is C10H8N6O4. The van der Waals surface area contributed by atoms with Crippen LogP contribution in [0.15, 0.2) is 36.9 Å². The SMILES string of the molecule is O=C(Nc1ccc([N+](=O)[O-])cc1)C(=O)Nn1cnnc1. The van der Waals surface area contributed by atoms with Crippen LogP contribution in [0.3, 0.4) is 0 Å². The molecule has 0 aliphatic rings. The molecule has 0 saturated heterocycles. The molecule has 10 heteroatoms. The van der Waals surface area contributed by atoms with Crippen molar-refractivity contribution >= 4 is 23.2 Å². The minimum Gasteiger partial charge on any atom is -0.318 e. The number of benzene rings is 1. The summed E-state index contributed by atoms with van der Waals surface area (Å²) in [6, 6.07) is 5.07. The average Bonchev–Trinajstić information content (AvgIpc) is 2.92. The topological polar surface area (TPSA) is 132 Å². The van der Waals surface area contributed by atoms with Gasteiger partial charge in [-0.1, -0.05) is 0 Å². The summed E-state index contributed by atoms with van der Waals surface area (Å²) in [5, 5.41) is 19.6. The zero-order valence-corrected chi connectivity index (χ0v) is 9.89. The molecule has 0 aliphatic carbocycles. The van der Waals surface area contributed by atoms with Gasteiger partial charge >= 0.3 is 11.8 Å². The lowest BCUT2D eigenvalue weighted by Gasteiger charge is -2.05. The third-order valence-corrected chi connectivity index (χ3v) is 2.19. The van der Waals surface area contributed by atoms with Gasteiger partial charge in [-0.15, -0.1) is 10.2 Å². The third kappa shape index (κ3) is 3.13. The maximum Gasteiger partial charge on any atom is 0.328 e. The number of nitro groups is 1. The first-order valence-electron chi connectivity index (χ1n) is 5.27. The fourth-order valence-electron chi connectivity index (χ4n) is 1.28. The molecule has 0 bridgehead atoms. The first-order valence-corrected chi connectivity index (χ1v) is 5.27. The van der Waals surface area contributed by atoms with E-state index in [2.05, 4.69) is 20.9 Å². The van der Waals surface area contributed by atoms with Gasteiger partial charge in [-0.3, -0.25) is 25.1 Å². The van der Waals surface area contributed by atoms with Crippen LogP contribution in [-0.2, 0) is 9.59 Å². The fourth-order valence-corrected chi connectivity index (χ4v) is 1.28. The van der Waals surface area contributed by atoms with E-state index in [0.29, 0.717) is 0 Å². The molecule has 2 aromatic rings. The largest absolute Gasteiger partial charge is 0.328 e. The van der Waals surface area contributed by atoms with Gasteiger partial charge < -0.3 is 5.32 Å². The van der Waals surface area contributed by atoms with E-state index >= 15 is 0 Å². The van der Waals surface area contributed by atoms with E-state index in [1.165, 1.54) is 36.9 Å². The highest BCUT2D eigenvalue weighted by Gasteiger charge is 2.14. The van der Waals surface area contributed by atoms with Gasteiger partial charge in [0.2, 0.25) is 0 Å². The molecule has 0 aliphatic heterocycles. The Hall–Kier alpha value is -3.30. The van der Waals surface area contributed by atoms with Crippen molar-refractivity contribution < 1.29 is 14.5 Å². The summed E-state index contributed by atoms with van der Waals surface area (Å²) in [5.41, 5.74) is 2.35. The Morgan fingerprint density at radius 1 is 1.10 bits per heavy atom. The number of nitrogens with one attached hydrogen (secondary N) is 2. The van der Waals surface area contributed by atoms with Crippen LogP contribution in [0.25, 0.3) is 0 Å². The third-order valence-electron chi connectivity index (χ3n) is 2.19. The monoisotopic (exact) mass is 276 g/mol. The summed E-state index contributed by atoms with van der Waals surface area (Å²) in [4.78, 5) is 32.9. The molecule has 102 valence electrons. The molecular weight excluding hydrogens is 268 g/mol. The minimum atomic E-state index is -0.928. The van der Waals surface area contributed by atoms with Crippen LogP contribution in [0.5, 0.6) is 0 Å². The van der Waals surface area contributed by atoms with Gasteiger partial charge in [0.1, 0.15) is 12.7 Å². The standard InChI is InChI=1S/C10H8N6O4/c17-9(10(18)14-15-5-11-12-6-15)13-7-1-3-8(4-2-7)16(19)20/h1-6H,(H,13,17)(H,14,18). The molecule has 0 fully saturated rings. The van der Waals surface area contributed by atoms with E-state index in [1.54, 1.807) is 0 Å². The van der Waals surface area contributed by atoms with Crippen molar-refractivity contribution in [1.82, 2.24) is 14.9 Å². The molecule has 0 atom stereocenters. The summed E-state index contributed by atoms with van der Waals surface area (Å²) >= 11 is 0. The van der Waals surface area contributed by atoms with Crippen LogP contribution in [-0.4, -0.2) is 31.6 Å². The Morgan fingerprint density at radius 3 is 2.25 bits per heavy atom. The second-order valence-electron chi connectivity index (χ2n) is 3.57. The van der Waals surface area contributed by atoms with E-state index < -0.39 is 16.7 Å². The number of anilines is 1. The number of nitro benzene ring substituents is 1. The highest BCUT2D eigenvalue weighted by atomic mass is 16.6. The van der Waals surface area contributed by atoms with E-state index in [9.17, 15) is 19.7 Å². The quantitative estimate of drug-likeness (QED) is 0.457. The fraction of sp³-hybridized carbons (Fsp3) is 0. The van der Waals surface area contributed by atoms with E-state index in [-0.39, 0.29) is 11.4 Å². The second-order valence-corrected chi connectivity index (χ2v) is 3.57. The smallest absolute Gasteiger partial charge is 0.318 e. The first kappa shape index (κ1) is 13.1. The zero-order valence-electron chi connectivity index (χ0n) is 9.89. The molecule has 20 heavy (non-hydrogen) atoms. The van der Waals surface area contributed by atoms with Crippen LogP contribution in [0, 0.1) is 10.1 Å². The van der Waals surface area contributed by atoms with Crippen LogP contribution in [0.4, 0.5) is 11.4 Å². The van der Waals surface area contributed by atoms with Gasteiger partial charge in [0.25, 0.3) is 5.69 Å².